The van der Waals surface area contributed by atoms with Crippen LogP contribution in [-0.4, -0.2) is 9.55 Å². The molecule has 4 heteroatoms. The normalized spacial score (nSPS) is 10.7. The standard InChI is InChI=1S/C10H13N3S/c1-8-12-5-10(14-8)7-13-3-2-9(4-11)6-13/h2-3,5-6H,4,7,11H2,1H3. The molecular weight excluding hydrogens is 194 g/mol. The van der Waals surface area contributed by atoms with Crippen LogP contribution in [0.2, 0.25) is 0 Å². The van der Waals surface area contributed by atoms with Crippen LogP contribution < -0.4 is 5.73 Å². The largest absolute Gasteiger partial charge is 0.349 e. The summed E-state index contributed by atoms with van der Waals surface area (Å²) < 4.78 is 2.13. The van der Waals surface area contributed by atoms with Crippen molar-refractivity contribution in [1.29, 1.82) is 0 Å². The van der Waals surface area contributed by atoms with E-state index in [-0.39, 0.29) is 0 Å². The number of hydrogen-bond donors (Lipinski definition) is 1. The van der Waals surface area contributed by atoms with Crippen LogP contribution in [0.3, 0.4) is 0 Å². The second-order valence-corrected chi connectivity index (χ2v) is 4.56. The van der Waals surface area contributed by atoms with Crippen molar-refractivity contribution in [2.75, 3.05) is 0 Å². The van der Waals surface area contributed by atoms with E-state index in [1.807, 2.05) is 19.2 Å². The van der Waals surface area contributed by atoms with Crippen molar-refractivity contribution < 1.29 is 0 Å². The zero-order valence-corrected chi connectivity index (χ0v) is 8.92. The topological polar surface area (TPSA) is 43.8 Å². The van der Waals surface area contributed by atoms with Crippen LogP contribution >= 0.6 is 11.3 Å². The third-order valence-electron chi connectivity index (χ3n) is 2.05. The highest BCUT2D eigenvalue weighted by Gasteiger charge is 1.99. The zero-order chi connectivity index (χ0) is 9.97. The van der Waals surface area contributed by atoms with Gasteiger partial charge in [0.25, 0.3) is 0 Å². The maximum absolute atomic E-state index is 5.54. The van der Waals surface area contributed by atoms with Crippen LogP contribution in [0.4, 0.5) is 0 Å². The highest BCUT2D eigenvalue weighted by Crippen LogP contribution is 2.13. The fourth-order valence-corrected chi connectivity index (χ4v) is 2.17. The first-order valence-corrected chi connectivity index (χ1v) is 5.35. The smallest absolute Gasteiger partial charge is 0.0897 e. The lowest BCUT2D eigenvalue weighted by molar-refractivity contribution is 0.812. The van der Waals surface area contributed by atoms with Crippen LogP contribution in [-0.2, 0) is 13.1 Å². The maximum Gasteiger partial charge on any atom is 0.0897 e. The summed E-state index contributed by atoms with van der Waals surface area (Å²) in [6.07, 6.45) is 6.06. The molecule has 2 aromatic rings. The van der Waals surface area contributed by atoms with Gasteiger partial charge in [-0.3, -0.25) is 0 Å². The predicted molar refractivity (Wildman–Crippen MR) is 58.3 cm³/mol. The molecule has 0 aliphatic rings. The Balaban J connectivity index is 2.10. The summed E-state index contributed by atoms with van der Waals surface area (Å²) in [5.74, 6) is 0. The number of nitrogens with two attached hydrogens (primary N) is 1. The fraction of sp³-hybridized carbons (Fsp3) is 0.300. The van der Waals surface area contributed by atoms with Gasteiger partial charge in [-0.25, -0.2) is 4.98 Å². The van der Waals surface area contributed by atoms with E-state index in [1.165, 1.54) is 10.4 Å². The average molecular weight is 207 g/mol. The number of thiazole rings is 1. The Kier molecular flexibility index (Phi) is 2.65. The van der Waals surface area contributed by atoms with Gasteiger partial charge in [0, 0.05) is 30.0 Å². The van der Waals surface area contributed by atoms with Crippen molar-refractivity contribution in [3.63, 3.8) is 0 Å². The zero-order valence-electron chi connectivity index (χ0n) is 8.10. The Bertz CT molecular complexity index is 416. The summed E-state index contributed by atoms with van der Waals surface area (Å²) in [7, 11) is 0. The van der Waals surface area contributed by atoms with Crippen molar-refractivity contribution in [1.82, 2.24) is 9.55 Å². The van der Waals surface area contributed by atoms with E-state index in [9.17, 15) is 0 Å². The molecule has 0 fully saturated rings. The van der Waals surface area contributed by atoms with Gasteiger partial charge >= 0.3 is 0 Å². The number of nitrogens with zero attached hydrogens (tertiary/aromatic N) is 2. The second kappa shape index (κ2) is 3.94. The van der Waals surface area contributed by atoms with Crippen LogP contribution in [0.15, 0.2) is 24.7 Å². The summed E-state index contributed by atoms with van der Waals surface area (Å²) >= 11 is 1.74. The Hall–Kier alpha value is -1.13. The van der Waals surface area contributed by atoms with E-state index < -0.39 is 0 Å². The van der Waals surface area contributed by atoms with Crippen LogP contribution in [0.25, 0.3) is 0 Å². The molecule has 14 heavy (non-hydrogen) atoms. The Morgan fingerprint density at radius 2 is 2.43 bits per heavy atom. The monoisotopic (exact) mass is 207 g/mol. The molecule has 2 aromatic heterocycles. The van der Waals surface area contributed by atoms with E-state index in [0.29, 0.717) is 6.54 Å². The van der Waals surface area contributed by atoms with Gasteiger partial charge in [-0.05, 0) is 18.6 Å². The van der Waals surface area contributed by atoms with Crippen molar-refractivity contribution in [2.24, 2.45) is 5.73 Å². The molecule has 3 nitrogen and oxygen atoms in total. The molecule has 0 atom stereocenters. The lowest BCUT2D eigenvalue weighted by atomic mass is 10.3. The first-order chi connectivity index (χ1) is 6.78. The van der Waals surface area contributed by atoms with Gasteiger partial charge in [0.2, 0.25) is 0 Å². The number of aryl methyl sites for hydroxylation is 1. The number of aromatic nitrogens is 2. The van der Waals surface area contributed by atoms with Gasteiger partial charge in [0.05, 0.1) is 11.6 Å². The molecule has 74 valence electrons. The fourth-order valence-electron chi connectivity index (χ4n) is 1.37. The Labute approximate surface area is 87.2 Å². The molecule has 2 rings (SSSR count). The maximum atomic E-state index is 5.54. The first-order valence-electron chi connectivity index (χ1n) is 4.54. The minimum absolute atomic E-state index is 0.606. The molecule has 0 amide bonds. The highest BCUT2D eigenvalue weighted by molar-refractivity contribution is 7.11. The third-order valence-corrected chi connectivity index (χ3v) is 2.95. The van der Waals surface area contributed by atoms with Crippen molar-refractivity contribution >= 4 is 11.3 Å². The minimum atomic E-state index is 0.606. The molecule has 0 unspecified atom stereocenters. The van der Waals surface area contributed by atoms with Crippen LogP contribution in [0.1, 0.15) is 15.4 Å². The molecule has 0 saturated heterocycles. The van der Waals surface area contributed by atoms with E-state index >= 15 is 0 Å². The van der Waals surface area contributed by atoms with Gasteiger partial charge in [0.1, 0.15) is 0 Å². The molecule has 2 N–H and O–H groups in total. The van der Waals surface area contributed by atoms with Crippen molar-refractivity contribution in [3.8, 4) is 0 Å². The molecule has 0 aromatic carbocycles. The lowest BCUT2D eigenvalue weighted by Crippen LogP contribution is -1.96. The van der Waals surface area contributed by atoms with Gasteiger partial charge in [0.15, 0.2) is 0 Å². The van der Waals surface area contributed by atoms with Gasteiger partial charge in [-0.2, -0.15) is 0 Å². The molecular formula is C10H13N3S. The summed E-state index contributed by atoms with van der Waals surface area (Å²) in [6.45, 7) is 3.52. The van der Waals surface area contributed by atoms with Crippen LogP contribution in [0.5, 0.6) is 0 Å². The number of hydrogen-bond acceptors (Lipinski definition) is 3. The highest BCUT2D eigenvalue weighted by atomic mass is 32.1. The van der Waals surface area contributed by atoms with Crippen molar-refractivity contribution in [2.45, 2.75) is 20.0 Å². The summed E-state index contributed by atoms with van der Waals surface area (Å²) in [5, 5.41) is 1.12. The lowest BCUT2D eigenvalue weighted by Gasteiger charge is -1.97. The molecule has 0 aliphatic carbocycles. The Morgan fingerprint density at radius 1 is 1.57 bits per heavy atom. The molecule has 0 bridgehead atoms. The van der Waals surface area contributed by atoms with Crippen molar-refractivity contribution in [3.05, 3.63) is 40.1 Å². The van der Waals surface area contributed by atoms with E-state index in [1.54, 1.807) is 11.3 Å². The van der Waals surface area contributed by atoms with Crippen LogP contribution in [0, 0.1) is 6.92 Å². The quantitative estimate of drug-likeness (QED) is 0.833. The summed E-state index contributed by atoms with van der Waals surface area (Å²) in [4.78, 5) is 5.50. The van der Waals surface area contributed by atoms with Gasteiger partial charge in [-0.15, -0.1) is 11.3 Å². The SMILES string of the molecule is Cc1ncc(Cn2ccc(CN)c2)s1. The molecule has 0 radical (unpaired) electrons. The summed E-state index contributed by atoms with van der Waals surface area (Å²) in [5.41, 5.74) is 6.71. The molecule has 0 aliphatic heterocycles. The molecule has 2 heterocycles. The van der Waals surface area contributed by atoms with Gasteiger partial charge in [-0.1, -0.05) is 0 Å². The second-order valence-electron chi connectivity index (χ2n) is 3.24. The molecule has 0 spiro atoms. The van der Waals surface area contributed by atoms with E-state index in [4.69, 9.17) is 5.73 Å². The molecule has 0 saturated carbocycles. The first kappa shape index (κ1) is 9.43. The van der Waals surface area contributed by atoms with E-state index in [0.717, 1.165) is 11.6 Å². The third kappa shape index (κ3) is 2.02. The Morgan fingerprint density at radius 3 is 3.00 bits per heavy atom. The minimum Gasteiger partial charge on any atom is -0.349 e. The van der Waals surface area contributed by atoms with Gasteiger partial charge < -0.3 is 10.3 Å². The average Bonchev–Trinajstić information content (AvgIpc) is 2.76. The predicted octanol–water partition coefficient (Wildman–Crippen LogP) is 1.76. The van der Waals surface area contributed by atoms with E-state index in [2.05, 4.69) is 21.9 Å². The summed E-state index contributed by atoms with van der Waals surface area (Å²) in [6, 6.07) is 2.05. The number of rotatable bonds is 3.